The van der Waals surface area contributed by atoms with Crippen molar-refractivity contribution in [3.05, 3.63) is 11.8 Å². The second-order valence-electron chi connectivity index (χ2n) is 6.75. The van der Waals surface area contributed by atoms with Gasteiger partial charge in [0, 0.05) is 5.54 Å². The standard InChI is InChI=1S/C16H22N2O2/c1-2-20-10-14(9-17)15(19)18-16-6-11-3-12(7-16)5-13(4-11)8-16/h10-13H,2-8H2,1H3,(H,18,19)/b14-10+. The van der Waals surface area contributed by atoms with Crippen molar-refractivity contribution in [2.75, 3.05) is 6.61 Å². The summed E-state index contributed by atoms with van der Waals surface area (Å²) in [5.74, 6) is 2.08. The van der Waals surface area contributed by atoms with Crippen molar-refractivity contribution in [2.45, 2.75) is 51.0 Å². The average Bonchev–Trinajstić information content (AvgIpc) is 2.37. The highest BCUT2D eigenvalue weighted by Crippen LogP contribution is 2.55. The number of hydrogen-bond acceptors (Lipinski definition) is 3. The Hall–Kier alpha value is -1.50. The van der Waals surface area contributed by atoms with Crippen LogP contribution in [0.15, 0.2) is 11.8 Å². The van der Waals surface area contributed by atoms with Gasteiger partial charge in [-0.2, -0.15) is 5.26 Å². The van der Waals surface area contributed by atoms with Gasteiger partial charge in [-0.25, -0.2) is 0 Å². The van der Waals surface area contributed by atoms with Gasteiger partial charge < -0.3 is 10.1 Å². The van der Waals surface area contributed by atoms with Gasteiger partial charge in [0.1, 0.15) is 12.3 Å². The number of amides is 1. The van der Waals surface area contributed by atoms with E-state index in [9.17, 15) is 4.79 Å². The Balaban J connectivity index is 1.71. The highest BCUT2D eigenvalue weighted by molar-refractivity contribution is 5.97. The fourth-order valence-electron chi connectivity index (χ4n) is 4.87. The van der Waals surface area contributed by atoms with Gasteiger partial charge in [-0.3, -0.25) is 4.79 Å². The number of ether oxygens (including phenoxy) is 1. The maximum absolute atomic E-state index is 12.3. The molecule has 4 rings (SSSR count). The van der Waals surface area contributed by atoms with Gasteiger partial charge in [0.05, 0.1) is 6.61 Å². The van der Waals surface area contributed by atoms with Gasteiger partial charge in [-0.15, -0.1) is 0 Å². The van der Waals surface area contributed by atoms with Crippen LogP contribution < -0.4 is 5.32 Å². The van der Waals surface area contributed by atoms with E-state index < -0.39 is 0 Å². The quantitative estimate of drug-likeness (QED) is 0.487. The molecule has 0 atom stereocenters. The number of nitriles is 1. The molecule has 0 unspecified atom stereocenters. The largest absolute Gasteiger partial charge is 0.500 e. The topological polar surface area (TPSA) is 62.1 Å². The molecule has 0 aliphatic heterocycles. The minimum absolute atomic E-state index is 0.0476. The molecule has 20 heavy (non-hydrogen) atoms. The number of nitrogens with zero attached hydrogens (tertiary/aromatic N) is 1. The van der Waals surface area contributed by atoms with Crippen LogP contribution in [0.25, 0.3) is 0 Å². The molecule has 4 nitrogen and oxygen atoms in total. The van der Waals surface area contributed by atoms with Crippen LogP contribution in [-0.4, -0.2) is 18.1 Å². The average molecular weight is 274 g/mol. The lowest BCUT2D eigenvalue weighted by Gasteiger charge is -2.56. The molecule has 4 heteroatoms. The molecule has 4 aliphatic rings. The van der Waals surface area contributed by atoms with Crippen LogP contribution in [0.5, 0.6) is 0 Å². The van der Waals surface area contributed by atoms with E-state index in [-0.39, 0.29) is 17.0 Å². The van der Waals surface area contributed by atoms with Crippen LogP contribution in [0.2, 0.25) is 0 Å². The van der Waals surface area contributed by atoms with Gasteiger partial charge in [-0.1, -0.05) is 0 Å². The van der Waals surface area contributed by atoms with Crippen LogP contribution in [-0.2, 0) is 9.53 Å². The molecule has 0 heterocycles. The van der Waals surface area contributed by atoms with Crippen LogP contribution >= 0.6 is 0 Å². The summed E-state index contributed by atoms with van der Waals surface area (Å²) in [6, 6.07) is 1.94. The summed E-state index contributed by atoms with van der Waals surface area (Å²) in [6.45, 7) is 2.30. The lowest BCUT2D eigenvalue weighted by atomic mass is 9.53. The Morgan fingerprint density at radius 2 is 1.85 bits per heavy atom. The monoisotopic (exact) mass is 274 g/mol. The second kappa shape index (κ2) is 5.12. The molecule has 0 aromatic rings. The Morgan fingerprint density at radius 1 is 1.30 bits per heavy atom. The van der Waals surface area contributed by atoms with Gasteiger partial charge >= 0.3 is 0 Å². The first-order valence-corrected chi connectivity index (χ1v) is 7.68. The molecule has 0 spiro atoms. The van der Waals surface area contributed by atoms with Crippen LogP contribution in [0.3, 0.4) is 0 Å². The number of carbonyl (C=O) groups is 1. The summed E-state index contributed by atoms with van der Waals surface area (Å²) in [6.07, 6.45) is 8.60. The maximum atomic E-state index is 12.3. The van der Waals surface area contributed by atoms with Crippen molar-refractivity contribution < 1.29 is 9.53 Å². The molecule has 0 radical (unpaired) electrons. The van der Waals surface area contributed by atoms with Crippen molar-refractivity contribution in [1.82, 2.24) is 5.32 Å². The molecular weight excluding hydrogens is 252 g/mol. The number of rotatable bonds is 4. The summed E-state index contributed by atoms with van der Waals surface area (Å²) < 4.78 is 5.08. The molecule has 0 aromatic carbocycles. The minimum atomic E-state index is -0.261. The van der Waals surface area contributed by atoms with Gasteiger partial charge in [0.2, 0.25) is 0 Å². The fraction of sp³-hybridized carbons (Fsp3) is 0.750. The SMILES string of the molecule is CCO/C=C(\C#N)C(=O)NC12CC3CC(CC(C3)C1)C2. The molecule has 4 aliphatic carbocycles. The van der Waals surface area contributed by atoms with E-state index in [4.69, 9.17) is 10.00 Å². The maximum Gasteiger partial charge on any atom is 0.265 e. The van der Waals surface area contributed by atoms with Gasteiger partial charge in [0.15, 0.2) is 5.57 Å². The molecule has 4 saturated carbocycles. The number of nitrogens with one attached hydrogen (secondary N) is 1. The smallest absolute Gasteiger partial charge is 0.265 e. The second-order valence-corrected chi connectivity index (χ2v) is 6.75. The first-order valence-electron chi connectivity index (χ1n) is 7.68. The Kier molecular flexibility index (Phi) is 3.45. The summed E-state index contributed by atoms with van der Waals surface area (Å²) in [4.78, 5) is 12.3. The first-order chi connectivity index (χ1) is 9.64. The van der Waals surface area contributed by atoms with Crippen molar-refractivity contribution in [1.29, 1.82) is 5.26 Å². The highest BCUT2D eigenvalue weighted by Gasteiger charge is 2.51. The summed E-state index contributed by atoms with van der Waals surface area (Å²) >= 11 is 0. The number of hydrogen-bond donors (Lipinski definition) is 1. The normalized spacial score (nSPS) is 38.4. The predicted octanol–water partition coefficient (Wildman–Crippen LogP) is 2.52. The van der Waals surface area contributed by atoms with Crippen LogP contribution in [0, 0.1) is 29.1 Å². The summed E-state index contributed by atoms with van der Waals surface area (Å²) in [7, 11) is 0. The van der Waals surface area contributed by atoms with E-state index in [1.165, 1.54) is 25.5 Å². The minimum Gasteiger partial charge on any atom is -0.500 e. The van der Waals surface area contributed by atoms with Crippen molar-refractivity contribution in [3.63, 3.8) is 0 Å². The Bertz CT molecular complexity index is 440. The molecule has 0 aromatic heterocycles. The Labute approximate surface area is 120 Å². The van der Waals surface area contributed by atoms with Crippen molar-refractivity contribution in [2.24, 2.45) is 17.8 Å². The molecule has 1 N–H and O–H groups in total. The third-order valence-corrected chi connectivity index (χ3v) is 5.15. The van der Waals surface area contributed by atoms with Crippen molar-refractivity contribution >= 4 is 5.91 Å². The van der Waals surface area contributed by atoms with E-state index in [1.54, 1.807) is 0 Å². The third kappa shape index (κ3) is 2.42. The Morgan fingerprint density at radius 3 is 2.30 bits per heavy atom. The van der Waals surface area contributed by atoms with E-state index in [1.807, 2.05) is 13.0 Å². The zero-order valence-corrected chi connectivity index (χ0v) is 12.0. The van der Waals surface area contributed by atoms with E-state index >= 15 is 0 Å². The van der Waals surface area contributed by atoms with Crippen LogP contribution in [0.1, 0.15) is 45.4 Å². The first kappa shape index (κ1) is 13.5. The molecule has 4 fully saturated rings. The van der Waals surface area contributed by atoms with E-state index in [0.717, 1.165) is 37.0 Å². The van der Waals surface area contributed by atoms with Crippen molar-refractivity contribution in [3.8, 4) is 6.07 Å². The summed E-state index contributed by atoms with van der Waals surface area (Å²) in [5, 5.41) is 12.3. The number of carbonyl (C=O) groups excluding carboxylic acids is 1. The van der Waals surface area contributed by atoms with E-state index in [2.05, 4.69) is 5.32 Å². The highest BCUT2D eigenvalue weighted by atomic mass is 16.5. The molecular formula is C16H22N2O2. The van der Waals surface area contributed by atoms with E-state index in [0.29, 0.717) is 6.61 Å². The zero-order chi connectivity index (χ0) is 14.2. The summed E-state index contributed by atoms with van der Waals surface area (Å²) in [5.41, 5.74) is 0.0381. The van der Waals surface area contributed by atoms with Gasteiger partial charge in [0.25, 0.3) is 5.91 Å². The molecule has 4 bridgehead atoms. The van der Waals surface area contributed by atoms with Crippen LogP contribution in [0.4, 0.5) is 0 Å². The third-order valence-electron chi connectivity index (χ3n) is 5.15. The van der Waals surface area contributed by atoms with Gasteiger partial charge in [-0.05, 0) is 63.2 Å². The fourth-order valence-corrected chi connectivity index (χ4v) is 4.87. The lowest BCUT2D eigenvalue weighted by molar-refractivity contribution is -0.122. The molecule has 0 saturated heterocycles. The lowest BCUT2D eigenvalue weighted by Crippen LogP contribution is -2.60. The molecule has 1 amide bonds. The molecule has 108 valence electrons. The predicted molar refractivity (Wildman–Crippen MR) is 74.4 cm³/mol. The zero-order valence-electron chi connectivity index (χ0n) is 12.0.